The van der Waals surface area contributed by atoms with Crippen LogP contribution in [0.2, 0.25) is 0 Å². The van der Waals surface area contributed by atoms with Crippen molar-refractivity contribution in [3.05, 3.63) is 150 Å². The number of benzene rings is 5. The lowest BCUT2D eigenvalue weighted by atomic mass is 10.0. The second-order valence-corrected chi connectivity index (χ2v) is 9.84. The van der Waals surface area contributed by atoms with Crippen LogP contribution in [0.5, 0.6) is 0 Å². The van der Waals surface area contributed by atoms with Gasteiger partial charge in [-0.05, 0) is 63.9 Å². The summed E-state index contributed by atoms with van der Waals surface area (Å²) in [6.45, 7) is 2.04. The van der Waals surface area contributed by atoms with Gasteiger partial charge in [-0.2, -0.15) is 0 Å². The SMILES string of the molecule is Cc1ncccc1-c1cccc(C2=NC(c3ccc4ccccc4c3)N=C(c3ccc4ccccc4c3)N2)c1. The quantitative estimate of drug-likeness (QED) is 0.267. The van der Waals surface area contributed by atoms with Gasteiger partial charge in [-0.15, -0.1) is 0 Å². The van der Waals surface area contributed by atoms with Crippen LogP contribution < -0.4 is 5.32 Å². The molecule has 1 N–H and O–H groups in total. The maximum atomic E-state index is 5.13. The van der Waals surface area contributed by atoms with Gasteiger partial charge in [0, 0.05) is 28.6 Å². The van der Waals surface area contributed by atoms with E-state index in [1.165, 1.54) is 21.5 Å². The summed E-state index contributed by atoms with van der Waals surface area (Å²) in [5.41, 5.74) is 6.33. The highest BCUT2D eigenvalue weighted by atomic mass is 15.2. The molecule has 4 nitrogen and oxygen atoms in total. The van der Waals surface area contributed by atoms with Gasteiger partial charge in [0.2, 0.25) is 0 Å². The van der Waals surface area contributed by atoms with E-state index in [1.807, 2.05) is 19.2 Å². The van der Waals surface area contributed by atoms with Gasteiger partial charge in [-0.1, -0.05) is 97.1 Å². The van der Waals surface area contributed by atoms with Gasteiger partial charge in [0.15, 0.2) is 6.17 Å². The molecule has 0 bridgehead atoms. The van der Waals surface area contributed by atoms with E-state index in [-0.39, 0.29) is 6.17 Å². The van der Waals surface area contributed by atoms with Crippen molar-refractivity contribution in [2.24, 2.45) is 9.98 Å². The predicted octanol–water partition coefficient (Wildman–Crippen LogP) is 7.86. The van der Waals surface area contributed by atoms with Crippen LogP contribution in [0.1, 0.15) is 28.6 Å². The Labute approximate surface area is 227 Å². The Morgan fingerprint density at radius 3 is 1.92 bits per heavy atom. The van der Waals surface area contributed by atoms with E-state index in [0.717, 1.165) is 45.2 Å². The molecule has 7 rings (SSSR count). The Bertz CT molecular complexity index is 1920. The average Bonchev–Trinajstić information content (AvgIpc) is 3.00. The molecule has 6 aromatic rings. The van der Waals surface area contributed by atoms with E-state index in [1.54, 1.807) is 0 Å². The zero-order valence-electron chi connectivity index (χ0n) is 21.5. The minimum Gasteiger partial charge on any atom is -0.324 e. The van der Waals surface area contributed by atoms with E-state index in [4.69, 9.17) is 9.98 Å². The van der Waals surface area contributed by atoms with Gasteiger partial charge in [0.1, 0.15) is 11.7 Å². The van der Waals surface area contributed by atoms with Crippen LogP contribution in [0, 0.1) is 6.92 Å². The summed E-state index contributed by atoms with van der Waals surface area (Å²) >= 11 is 0. The maximum Gasteiger partial charge on any atom is 0.169 e. The summed E-state index contributed by atoms with van der Waals surface area (Å²) in [6.07, 6.45) is 1.46. The van der Waals surface area contributed by atoms with E-state index in [9.17, 15) is 0 Å². The van der Waals surface area contributed by atoms with E-state index in [2.05, 4.69) is 126 Å². The largest absolute Gasteiger partial charge is 0.324 e. The predicted molar refractivity (Wildman–Crippen MR) is 161 cm³/mol. The third-order valence-electron chi connectivity index (χ3n) is 7.29. The fourth-order valence-corrected chi connectivity index (χ4v) is 5.22. The molecule has 0 fully saturated rings. The lowest BCUT2D eigenvalue weighted by molar-refractivity contribution is 0.757. The monoisotopic (exact) mass is 502 g/mol. The third kappa shape index (κ3) is 4.47. The highest BCUT2D eigenvalue weighted by molar-refractivity contribution is 6.16. The van der Waals surface area contributed by atoms with Gasteiger partial charge >= 0.3 is 0 Å². The zero-order valence-corrected chi connectivity index (χ0v) is 21.5. The molecule has 0 radical (unpaired) electrons. The van der Waals surface area contributed by atoms with Crippen molar-refractivity contribution in [3.63, 3.8) is 0 Å². The van der Waals surface area contributed by atoms with Crippen molar-refractivity contribution in [2.75, 3.05) is 0 Å². The molecule has 0 aliphatic carbocycles. The number of nitrogens with one attached hydrogen (secondary N) is 1. The minimum atomic E-state index is -0.365. The first-order chi connectivity index (χ1) is 19.2. The second-order valence-electron chi connectivity index (χ2n) is 9.84. The van der Waals surface area contributed by atoms with Gasteiger partial charge in [0.25, 0.3) is 0 Å². The molecular formula is C35H26N4. The summed E-state index contributed by atoms with van der Waals surface area (Å²) in [7, 11) is 0. The van der Waals surface area contributed by atoms with Crippen LogP contribution in [-0.4, -0.2) is 16.7 Å². The van der Waals surface area contributed by atoms with Gasteiger partial charge < -0.3 is 5.32 Å². The van der Waals surface area contributed by atoms with Crippen LogP contribution in [0.3, 0.4) is 0 Å². The Morgan fingerprint density at radius 2 is 1.18 bits per heavy atom. The minimum absolute atomic E-state index is 0.365. The fourth-order valence-electron chi connectivity index (χ4n) is 5.22. The maximum absolute atomic E-state index is 5.13. The van der Waals surface area contributed by atoms with Crippen LogP contribution in [0.25, 0.3) is 32.7 Å². The molecule has 4 heteroatoms. The van der Waals surface area contributed by atoms with Crippen LogP contribution in [-0.2, 0) is 0 Å². The normalized spacial score (nSPS) is 15.1. The molecule has 0 spiro atoms. The Balaban J connectivity index is 1.35. The highest BCUT2D eigenvalue weighted by Crippen LogP contribution is 2.29. The van der Waals surface area contributed by atoms with E-state index < -0.39 is 0 Å². The fraction of sp³-hybridized carbons (Fsp3) is 0.0571. The number of rotatable bonds is 4. The molecule has 2 heterocycles. The lowest BCUT2D eigenvalue weighted by Crippen LogP contribution is -2.36. The molecule has 5 aromatic carbocycles. The summed E-state index contributed by atoms with van der Waals surface area (Å²) in [5.74, 6) is 1.61. The Kier molecular flexibility index (Phi) is 5.71. The Morgan fingerprint density at radius 1 is 0.538 bits per heavy atom. The van der Waals surface area contributed by atoms with Crippen molar-refractivity contribution >= 4 is 33.2 Å². The molecule has 1 aromatic heterocycles. The number of amidine groups is 2. The van der Waals surface area contributed by atoms with E-state index in [0.29, 0.717) is 0 Å². The van der Waals surface area contributed by atoms with E-state index >= 15 is 0 Å². The molecule has 1 atom stereocenters. The van der Waals surface area contributed by atoms with Crippen LogP contribution in [0.15, 0.2) is 138 Å². The van der Waals surface area contributed by atoms with Gasteiger partial charge in [-0.25, -0.2) is 9.98 Å². The van der Waals surface area contributed by atoms with Crippen molar-refractivity contribution in [3.8, 4) is 11.1 Å². The van der Waals surface area contributed by atoms with Crippen molar-refractivity contribution in [1.82, 2.24) is 10.3 Å². The van der Waals surface area contributed by atoms with Gasteiger partial charge in [0.05, 0.1) is 0 Å². The third-order valence-corrected chi connectivity index (χ3v) is 7.29. The van der Waals surface area contributed by atoms with Crippen molar-refractivity contribution < 1.29 is 0 Å². The lowest BCUT2D eigenvalue weighted by Gasteiger charge is -2.23. The molecule has 1 unspecified atom stereocenters. The highest BCUT2D eigenvalue weighted by Gasteiger charge is 2.21. The summed E-state index contributed by atoms with van der Waals surface area (Å²) in [5, 5.41) is 8.34. The number of fused-ring (bicyclic) bond motifs is 2. The average molecular weight is 503 g/mol. The van der Waals surface area contributed by atoms with Crippen molar-refractivity contribution in [2.45, 2.75) is 13.1 Å². The summed E-state index contributed by atoms with van der Waals surface area (Å²) < 4.78 is 0. The summed E-state index contributed by atoms with van der Waals surface area (Å²) in [6, 6.07) is 42.3. The van der Waals surface area contributed by atoms with Crippen molar-refractivity contribution in [1.29, 1.82) is 0 Å². The smallest absolute Gasteiger partial charge is 0.169 e. The zero-order chi connectivity index (χ0) is 26.2. The first-order valence-corrected chi connectivity index (χ1v) is 13.1. The number of hydrogen-bond acceptors (Lipinski definition) is 4. The number of hydrogen-bond donors (Lipinski definition) is 1. The Hall–Kier alpha value is -5.09. The van der Waals surface area contributed by atoms with Gasteiger partial charge in [-0.3, -0.25) is 4.98 Å². The number of aromatic nitrogens is 1. The first-order valence-electron chi connectivity index (χ1n) is 13.1. The molecule has 0 saturated heterocycles. The summed E-state index contributed by atoms with van der Waals surface area (Å²) in [4.78, 5) is 14.7. The molecule has 0 saturated carbocycles. The topological polar surface area (TPSA) is 49.6 Å². The molecule has 39 heavy (non-hydrogen) atoms. The number of aryl methyl sites for hydroxylation is 1. The molecule has 1 aliphatic heterocycles. The second kappa shape index (κ2) is 9.66. The number of nitrogens with zero attached hydrogens (tertiary/aromatic N) is 3. The molecule has 186 valence electrons. The number of pyridine rings is 1. The molecule has 0 amide bonds. The van der Waals surface area contributed by atoms with Crippen LogP contribution >= 0.6 is 0 Å². The first kappa shape index (κ1) is 23.1. The number of aliphatic imine (C=N–C) groups is 2. The van der Waals surface area contributed by atoms with Crippen LogP contribution in [0.4, 0.5) is 0 Å². The molecular weight excluding hydrogens is 476 g/mol. The standard InChI is InChI=1S/C35H26N4/c1-23-32(14-7-19-36-23)28-12-6-13-29(22-28)33-37-34(30-17-15-24-8-2-4-10-26(24)20-30)39-35(38-33)31-18-16-25-9-3-5-11-27(25)21-31/h2-22,34H,1H3,(H,37,38,39). The molecule has 1 aliphatic rings.